The smallest absolute Gasteiger partial charge is 0.0623 e. The molecule has 2 nitrogen and oxygen atoms in total. The molecule has 1 fully saturated rings. The minimum atomic E-state index is 0.295. The van der Waals surface area contributed by atoms with E-state index in [0.717, 1.165) is 12.5 Å². The van der Waals surface area contributed by atoms with Gasteiger partial charge >= 0.3 is 0 Å². The topological polar surface area (TPSA) is 35.2 Å². The van der Waals surface area contributed by atoms with Crippen LogP contribution in [-0.4, -0.2) is 18.8 Å². The molecule has 0 aromatic carbocycles. The Morgan fingerprint density at radius 2 is 2.00 bits per heavy atom. The van der Waals surface area contributed by atoms with Crippen molar-refractivity contribution in [1.82, 2.24) is 0 Å². The summed E-state index contributed by atoms with van der Waals surface area (Å²) in [5, 5.41) is 0. The second-order valence-electron chi connectivity index (χ2n) is 4.99. The van der Waals surface area contributed by atoms with Crippen molar-refractivity contribution in [3.05, 3.63) is 0 Å². The molecule has 1 aliphatic carbocycles. The van der Waals surface area contributed by atoms with E-state index in [1.165, 1.54) is 44.9 Å². The van der Waals surface area contributed by atoms with Gasteiger partial charge in [-0.3, -0.25) is 0 Å². The Labute approximate surface area is 94.6 Å². The Bertz CT molecular complexity index is 157. The Morgan fingerprint density at radius 1 is 1.27 bits per heavy atom. The highest BCUT2D eigenvalue weighted by Crippen LogP contribution is 2.31. The van der Waals surface area contributed by atoms with Crippen LogP contribution in [0.2, 0.25) is 0 Å². The van der Waals surface area contributed by atoms with Crippen LogP contribution in [0, 0.1) is 5.92 Å². The first-order valence-electron chi connectivity index (χ1n) is 6.61. The molecule has 2 heteroatoms. The highest BCUT2D eigenvalue weighted by Gasteiger charge is 2.28. The van der Waals surface area contributed by atoms with Crippen LogP contribution >= 0.6 is 0 Å². The average molecular weight is 213 g/mol. The zero-order valence-electron chi connectivity index (χ0n) is 10.4. The second kappa shape index (κ2) is 7.24. The van der Waals surface area contributed by atoms with Crippen molar-refractivity contribution in [1.29, 1.82) is 0 Å². The number of nitrogens with two attached hydrogens (primary N) is 1. The maximum Gasteiger partial charge on any atom is 0.0623 e. The first-order chi connectivity index (χ1) is 7.24. The molecule has 2 N–H and O–H groups in total. The van der Waals surface area contributed by atoms with E-state index in [0.29, 0.717) is 12.1 Å². The zero-order chi connectivity index (χ0) is 11.1. The molecular weight excluding hydrogens is 186 g/mol. The molecule has 1 rings (SSSR count). The van der Waals surface area contributed by atoms with Gasteiger partial charge in [-0.1, -0.05) is 32.6 Å². The molecule has 90 valence electrons. The van der Waals surface area contributed by atoms with Crippen LogP contribution < -0.4 is 5.73 Å². The van der Waals surface area contributed by atoms with E-state index in [9.17, 15) is 0 Å². The fraction of sp³-hybridized carbons (Fsp3) is 1.00. The molecule has 0 amide bonds. The highest BCUT2D eigenvalue weighted by atomic mass is 16.5. The van der Waals surface area contributed by atoms with Crippen LogP contribution in [0.25, 0.3) is 0 Å². The van der Waals surface area contributed by atoms with Gasteiger partial charge in [0.15, 0.2) is 0 Å². The maximum atomic E-state index is 5.98. The Balaban J connectivity index is 1.90. The summed E-state index contributed by atoms with van der Waals surface area (Å²) in [6, 6.07) is 0.295. The summed E-state index contributed by atoms with van der Waals surface area (Å²) in [5.74, 6) is 0.761. The normalized spacial score (nSPS) is 20.2. The van der Waals surface area contributed by atoms with Gasteiger partial charge in [-0.15, -0.1) is 0 Å². The van der Waals surface area contributed by atoms with E-state index in [-0.39, 0.29) is 0 Å². The molecule has 0 bridgehead atoms. The van der Waals surface area contributed by atoms with E-state index < -0.39 is 0 Å². The highest BCUT2D eigenvalue weighted by molar-refractivity contribution is 4.83. The molecule has 0 radical (unpaired) electrons. The summed E-state index contributed by atoms with van der Waals surface area (Å²) in [6.07, 6.45) is 9.52. The number of hydrogen-bond acceptors (Lipinski definition) is 2. The van der Waals surface area contributed by atoms with Crippen LogP contribution in [0.4, 0.5) is 0 Å². The lowest BCUT2D eigenvalue weighted by molar-refractivity contribution is 0.0460. The predicted octanol–water partition coefficient (Wildman–Crippen LogP) is 3.10. The molecule has 0 heterocycles. The number of hydrogen-bond donors (Lipinski definition) is 1. The van der Waals surface area contributed by atoms with Crippen molar-refractivity contribution in [2.75, 3.05) is 6.61 Å². The molecule has 2 unspecified atom stereocenters. The fourth-order valence-corrected chi connectivity index (χ4v) is 1.88. The molecular formula is C13H27NO. The van der Waals surface area contributed by atoms with Gasteiger partial charge in [-0.2, -0.15) is 0 Å². The van der Waals surface area contributed by atoms with E-state index >= 15 is 0 Å². The van der Waals surface area contributed by atoms with Crippen LogP contribution in [0.15, 0.2) is 0 Å². The van der Waals surface area contributed by atoms with Gasteiger partial charge in [0.25, 0.3) is 0 Å². The lowest BCUT2D eigenvalue weighted by Gasteiger charge is -2.16. The lowest BCUT2D eigenvalue weighted by atomic mass is 10.1. The largest absolute Gasteiger partial charge is 0.377 e. The quantitative estimate of drug-likeness (QED) is 0.597. The Hall–Kier alpha value is -0.0800. The van der Waals surface area contributed by atoms with E-state index in [1.54, 1.807) is 0 Å². The molecule has 2 atom stereocenters. The van der Waals surface area contributed by atoms with Crippen molar-refractivity contribution < 1.29 is 4.74 Å². The maximum absolute atomic E-state index is 5.98. The van der Waals surface area contributed by atoms with E-state index in [2.05, 4.69) is 13.8 Å². The summed E-state index contributed by atoms with van der Waals surface area (Å²) < 4.78 is 5.76. The van der Waals surface area contributed by atoms with Gasteiger partial charge < -0.3 is 10.5 Å². The number of ether oxygens (including phenoxy) is 1. The summed E-state index contributed by atoms with van der Waals surface area (Å²) in [6.45, 7) is 5.18. The first-order valence-corrected chi connectivity index (χ1v) is 6.61. The molecule has 15 heavy (non-hydrogen) atoms. The molecule has 0 aliphatic heterocycles. The third-order valence-corrected chi connectivity index (χ3v) is 3.26. The van der Waals surface area contributed by atoms with Crippen molar-refractivity contribution >= 4 is 0 Å². The van der Waals surface area contributed by atoms with Gasteiger partial charge in [0.1, 0.15) is 0 Å². The summed E-state index contributed by atoms with van der Waals surface area (Å²) in [5.41, 5.74) is 5.98. The standard InChI is InChI=1S/C13H27NO/c1-3-4-5-6-7-11(2)15-10-13(14)12-8-9-12/h11-13H,3-10,14H2,1-2H3. The van der Waals surface area contributed by atoms with E-state index in [1.807, 2.05) is 0 Å². The third-order valence-electron chi connectivity index (χ3n) is 3.26. The minimum absolute atomic E-state index is 0.295. The fourth-order valence-electron chi connectivity index (χ4n) is 1.88. The number of unbranched alkanes of at least 4 members (excludes halogenated alkanes) is 3. The van der Waals surface area contributed by atoms with Crippen molar-refractivity contribution in [3.63, 3.8) is 0 Å². The molecule has 0 spiro atoms. The van der Waals surface area contributed by atoms with Crippen molar-refractivity contribution in [2.24, 2.45) is 11.7 Å². The zero-order valence-corrected chi connectivity index (χ0v) is 10.4. The molecule has 0 aromatic heterocycles. The SMILES string of the molecule is CCCCCCC(C)OCC(N)C1CC1. The van der Waals surface area contributed by atoms with Crippen molar-refractivity contribution in [2.45, 2.75) is 70.9 Å². The lowest BCUT2D eigenvalue weighted by Crippen LogP contribution is -2.30. The summed E-state index contributed by atoms with van der Waals surface area (Å²) in [7, 11) is 0. The summed E-state index contributed by atoms with van der Waals surface area (Å²) >= 11 is 0. The molecule has 1 aliphatic rings. The Kier molecular flexibility index (Phi) is 6.26. The van der Waals surface area contributed by atoms with Crippen LogP contribution in [0.5, 0.6) is 0 Å². The van der Waals surface area contributed by atoms with Crippen LogP contribution in [0.3, 0.4) is 0 Å². The molecule has 0 saturated heterocycles. The average Bonchev–Trinajstić information content (AvgIpc) is 3.04. The van der Waals surface area contributed by atoms with Gasteiger partial charge in [0.05, 0.1) is 12.7 Å². The van der Waals surface area contributed by atoms with Crippen LogP contribution in [-0.2, 0) is 4.74 Å². The second-order valence-corrected chi connectivity index (χ2v) is 4.99. The van der Waals surface area contributed by atoms with Gasteiger partial charge in [0.2, 0.25) is 0 Å². The summed E-state index contributed by atoms with van der Waals surface area (Å²) in [4.78, 5) is 0. The van der Waals surface area contributed by atoms with Gasteiger partial charge in [-0.05, 0) is 32.1 Å². The predicted molar refractivity (Wildman–Crippen MR) is 64.9 cm³/mol. The minimum Gasteiger partial charge on any atom is -0.377 e. The van der Waals surface area contributed by atoms with Gasteiger partial charge in [0, 0.05) is 6.04 Å². The molecule has 0 aromatic rings. The molecule has 1 saturated carbocycles. The van der Waals surface area contributed by atoms with E-state index in [4.69, 9.17) is 10.5 Å². The Morgan fingerprint density at radius 3 is 2.60 bits per heavy atom. The van der Waals surface area contributed by atoms with Gasteiger partial charge in [-0.25, -0.2) is 0 Å². The van der Waals surface area contributed by atoms with Crippen molar-refractivity contribution in [3.8, 4) is 0 Å². The first kappa shape index (κ1) is 13.0. The third kappa shape index (κ3) is 6.16. The van der Waals surface area contributed by atoms with Crippen LogP contribution in [0.1, 0.15) is 58.8 Å². The number of rotatable bonds is 9. The monoisotopic (exact) mass is 213 g/mol.